The minimum Gasteiger partial charge on any atom is -0.467 e. The predicted molar refractivity (Wildman–Crippen MR) is 82.2 cm³/mol. The first-order valence-corrected chi connectivity index (χ1v) is 6.99. The molecule has 5 heteroatoms. The Labute approximate surface area is 124 Å². The lowest BCUT2D eigenvalue weighted by atomic mass is 10.1. The molecule has 0 aliphatic heterocycles. The average Bonchev–Trinajstić information content (AvgIpc) is 2.98. The molecule has 0 amide bonds. The van der Waals surface area contributed by atoms with Gasteiger partial charge >= 0.3 is 5.97 Å². The zero-order chi connectivity index (χ0) is 15.2. The van der Waals surface area contributed by atoms with Gasteiger partial charge in [-0.2, -0.15) is 0 Å². The Morgan fingerprint density at radius 1 is 1.33 bits per heavy atom. The molecule has 0 radical (unpaired) electrons. The van der Waals surface area contributed by atoms with Gasteiger partial charge in [-0.05, 0) is 44.2 Å². The lowest BCUT2D eigenvalue weighted by Crippen LogP contribution is -2.24. The summed E-state index contributed by atoms with van der Waals surface area (Å²) in [5.41, 5.74) is 7.60. The van der Waals surface area contributed by atoms with Gasteiger partial charge in [0.15, 0.2) is 0 Å². The van der Waals surface area contributed by atoms with E-state index >= 15 is 0 Å². The van der Waals surface area contributed by atoms with Crippen molar-refractivity contribution < 1.29 is 13.9 Å². The number of benzene rings is 1. The molecule has 2 aromatic rings. The van der Waals surface area contributed by atoms with Crippen molar-refractivity contribution in [2.75, 3.05) is 23.8 Å². The van der Waals surface area contributed by atoms with E-state index in [0.717, 1.165) is 18.0 Å². The molecule has 0 saturated heterocycles. The van der Waals surface area contributed by atoms with Crippen LogP contribution in [0.3, 0.4) is 0 Å². The average molecular weight is 288 g/mol. The van der Waals surface area contributed by atoms with Gasteiger partial charge in [0.2, 0.25) is 0 Å². The highest BCUT2D eigenvalue weighted by Crippen LogP contribution is 2.25. The molecule has 0 bridgehead atoms. The van der Waals surface area contributed by atoms with Crippen molar-refractivity contribution in [1.82, 2.24) is 0 Å². The molecule has 1 heterocycles. The van der Waals surface area contributed by atoms with Crippen LogP contribution in [0.2, 0.25) is 0 Å². The van der Waals surface area contributed by atoms with Crippen LogP contribution in [-0.4, -0.2) is 19.1 Å². The Kier molecular flexibility index (Phi) is 4.87. The molecule has 2 rings (SSSR count). The van der Waals surface area contributed by atoms with Gasteiger partial charge in [0.05, 0.1) is 30.7 Å². The van der Waals surface area contributed by atoms with Crippen molar-refractivity contribution in [2.45, 2.75) is 20.4 Å². The number of rotatable bonds is 6. The maximum atomic E-state index is 12.1. The maximum Gasteiger partial charge on any atom is 0.340 e. The molecule has 0 unspecified atom stereocenters. The number of nitrogens with zero attached hydrogens (tertiary/aromatic N) is 1. The number of hydrogen-bond acceptors (Lipinski definition) is 5. The first-order chi connectivity index (χ1) is 10.2. The molecular formula is C16H20N2O3. The monoisotopic (exact) mass is 288 g/mol. The topological polar surface area (TPSA) is 68.7 Å². The largest absolute Gasteiger partial charge is 0.467 e. The first kappa shape index (κ1) is 15.0. The van der Waals surface area contributed by atoms with Crippen molar-refractivity contribution >= 4 is 17.3 Å². The van der Waals surface area contributed by atoms with Crippen LogP contribution in [0.1, 0.15) is 30.0 Å². The summed E-state index contributed by atoms with van der Waals surface area (Å²) >= 11 is 0. The number of hydrogen-bond donors (Lipinski definition) is 1. The van der Waals surface area contributed by atoms with E-state index in [1.54, 1.807) is 25.3 Å². The zero-order valence-electron chi connectivity index (χ0n) is 12.3. The van der Waals surface area contributed by atoms with Crippen LogP contribution in [0.25, 0.3) is 0 Å². The Balaban J connectivity index is 2.33. The summed E-state index contributed by atoms with van der Waals surface area (Å²) < 4.78 is 10.5. The van der Waals surface area contributed by atoms with Crippen molar-refractivity contribution in [3.8, 4) is 0 Å². The van der Waals surface area contributed by atoms with Crippen molar-refractivity contribution in [3.63, 3.8) is 0 Å². The number of carbonyl (C=O) groups excluding carboxylic acids is 1. The molecule has 1 aromatic carbocycles. The number of furan rings is 1. The second-order valence-electron chi connectivity index (χ2n) is 4.59. The zero-order valence-corrected chi connectivity index (χ0v) is 12.3. The molecule has 1 aromatic heterocycles. The third-order valence-electron chi connectivity index (χ3n) is 3.17. The molecular weight excluding hydrogens is 268 g/mol. The quantitative estimate of drug-likeness (QED) is 0.653. The molecule has 5 nitrogen and oxygen atoms in total. The summed E-state index contributed by atoms with van der Waals surface area (Å²) in [6.07, 6.45) is 1.64. The van der Waals surface area contributed by atoms with E-state index < -0.39 is 0 Å². The van der Waals surface area contributed by atoms with Crippen LogP contribution in [0.5, 0.6) is 0 Å². The van der Waals surface area contributed by atoms with Gasteiger partial charge in [-0.1, -0.05) is 0 Å². The van der Waals surface area contributed by atoms with Crippen LogP contribution < -0.4 is 10.6 Å². The van der Waals surface area contributed by atoms with Crippen LogP contribution in [0.4, 0.5) is 11.4 Å². The van der Waals surface area contributed by atoms with Gasteiger partial charge in [-0.15, -0.1) is 0 Å². The summed E-state index contributed by atoms with van der Waals surface area (Å²) in [5, 5.41) is 0. The number of nitrogen functional groups attached to an aromatic ring is 1. The van der Waals surface area contributed by atoms with Crippen LogP contribution in [0, 0.1) is 0 Å². The fraction of sp³-hybridized carbons (Fsp3) is 0.312. The highest BCUT2D eigenvalue weighted by atomic mass is 16.5. The minimum atomic E-state index is -0.363. The van der Waals surface area contributed by atoms with E-state index in [1.807, 2.05) is 30.0 Å². The van der Waals surface area contributed by atoms with Crippen LogP contribution in [-0.2, 0) is 11.3 Å². The van der Waals surface area contributed by atoms with E-state index in [4.69, 9.17) is 14.9 Å². The van der Waals surface area contributed by atoms with Crippen molar-refractivity contribution in [2.24, 2.45) is 0 Å². The fourth-order valence-corrected chi connectivity index (χ4v) is 2.16. The molecule has 0 saturated carbocycles. The lowest BCUT2D eigenvalue weighted by molar-refractivity contribution is 0.0527. The van der Waals surface area contributed by atoms with Gasteiger partial charge in [-0.3, -0.25) is 0 Å². The fourth-order valence-electron chi connectivity index (χ4n) is 2.16. The Morgan fingerprint density at radius 2 is 2.14 bits per heavy atom. The molecule has 0 atom stereocenters. The molecule has 2 N–H and O–H groups in total. The van der Waals surface area contributed by atoms with Crippen LogP contribution in [0.15, 0.2) is 41.0 Å². The molecule has 0 aliphatic rings. The van der Waals surface area contributed by atoms with Gasteiger partial charge in [0.1, 0.15) is 5.76 Å². The van der Waals surface area contributed by atoms with Crippen molar-refractivity contribution in [1.29, 1.82) is 0 Å². The second-order valence-corrected chi connectivity index (χ2v) is 4.59. The van der Waals surface area contributed by atoms with Gasteiger partial charge in [0.25, 0.3) is 0 Å². The standard InChI is InChI=1S/C16H20N2O3/c1-3-18(11-13-6-5-9-21-13)15-8-7-12(17)10-14(15)16(19)20-4-2/h5-10H,3-4,11,17H2,1-2H3. The summed E-state index contributed by atoms with van der Waals surface area (Å²) in [6.45, 7) is 5.45. The number of anilines is 2. The van der Waals surface area contributed by atoms with Gasteiger partial charge < -0.3 is 19.8 Å². The van der Waals surface area contributed by atoms with E-state index in [9.17, 15) is 4.79 Å². The molecule has 0 aliphatic carbocycles. The Bertz CT molecular complexity index is 594. The number of ether oxygens (including phenoxy) is 1. The lowest BCUT2D eigenvalue weighted by Gasteiger charge is -2.24. The summed E-state index contributed by atoms with van der Waals surface area (Å²) in [7, 11) is 0. The molecule has 112 valence electrons. The van der Waals surface area contributed by atoms with Gasteiger partial charge in [-0.25, -0.2) is 4.79 Å². The normalized spacial score (nSPS) is 10.4. The summed E-state index contributed by atoms with van der Waals surface area (Å²) in [4.78, 5) is 14.2. The first-order valence-electron chi connectivity index (χ1n) is 6.99. The van der Waals surface area contributed by atoms with E-state index in [-0.39, 0.29) is 5.97 Å². The SMILES string of the molecule is CCOC(=O)c1cc(N)ccc1N(CC)Cc1ccco1. The third-order valence-corrected chi connectivity index (χ3v) is 3.17. The molecule has 21 heavy (non-hydrogen) atoms. The highest BCUT2D eigenvalue weighted by molar-refractivity contribution is 5.97. The number of nitrogens with two attached hydrogens (primary N) is 1. The molecule has 0 fully saturated rings. The van der Waals surface area contributed by atoms with Crippen molar-refractivity contribution in [3.05, 3.63) is 47.9 Å². The van der Waals surface area contributed by atoms with E-state index in [1.165, 1.54) is 0 Å². The summed E-state index contributed by atoms with van der Waals surface area (Å²) in [6, 6.07) is 9.03. The number of carbonyl (C=O) groups is 1. The summed E-state index contributed by atoms with van der Waals surface area (Å²) in [5.74, 6) is 0.473. The molecule has 0 spiro atoms. The van der Waals surface area contributed by atoms with E-state index in [2.05, 4.69) is 0 Å². The minimum absolute atomic E-state index is 0.331. The third kappa shape index (κ3) is 3.56. The van der Waals surface area contributed by atoms with Crippen LogP contribution >= 0.6 is 0 Å². The Morgan fingerprint density at radius 3 is 2.76 bits per heavy atom. The second kappa shape index (κ2) is 6.83. The van der Waals surface area contributed by atoms with Gasteiger partial charge in [0, 0.05) is 12.2 Å². The van der Waals surface area contributed by atoms with E-state index in [0.29, 0.717) is 24.4 Å². The predicted octanol–water partition coefficient (Wildman–Crippen LogP) is 3.07. The maximum absolute atomic E-state index is 12.1. The number of esters is 1. The highest BCUT2D eigenvalue weighted by Gasteiger charge is 2.18. The smallest absolute Gasteiger partial charge is 0.340 e. The Hall–Kier alpha value is -2.43.